The molecule has 1 heterocycles. The molecule has 1 N–H and O–H groups in total. The third kappa shape index (κ3) is 3.06. The van der Waals surface area contributed by atoms with Gasteiger partial charge in [0.2, 0.25) is 11.9 Å². The summed E-state index contributed by atoms with van der Waals surface area (Å²) in [5.41, 5.74) is 1.10. The minimum atomic E-state index is -0.668. The number of carbonyl (C=O) groups excluding carboxylic acids is 1. The van der Waals surface area contributed by atoms with E-state index in [-0.39, 0.29) is 10.8 Å². The molecule has 1 aliphatic carbocycles. The molecule has 7 heteroatoms. The Labute approximate surface area is 104 Å². The molecule has 1 aromatic heterocycles. The third-order valence-corrected chi connectivity index (χ3v) is 2.99. The lowest BCUT2D eigenvalue weighted by molar-refractivity contribution is -0.497. The minimum absolute atomic E-state index is 0.201. The fraction of sp³-hybridized carbons (Fsp3) is 0.636. The van der Waals surface area contributed by atoms with Crippen LogP contribution in [0.5, 0.6) is 0 Å². The van der Waals surface area contributed by atoms with Gasteiger partial charge in [-0.05, 0) is 18.9 Å². The smallest absolute Gasteiger partial charge is 0.230 e. The largest absolute Gasteiger partial charge is 0.356 e. The standard InChI is InChI=1S/C11H16N4O3/c1-8-6-13-14(7-8)4-2-3-12-11(16)9-5-10(9)15(17)18/h6-7,9-10H,2-5H2,1H3,(H,12,16)/t9-,10+/m0/s1. The number of carbonyl (C=O) groups is 1. The second-order valence-corrected chi connectivity index (χ2v) is 4.62. The highest BCUT2D eigenvalue weighted by Crippen LogP contribution is 2.32. The maximum atomic E-state index is 11.5. The van der Waals surface area contributed by atoms with Gasteiger partial charge >= 0.3 is 0 Å². The first-order valence-electron chi connectivity index (χ1n) is 5.98. The van der Waals surface area contributed by atoms with Crippen LogP contribution < -0.4 is 5.32 Å². The van der Waals surface area contributed by atoms with Crippen LogP contribution in [0.3, 0.4) is 0 Å². The molecule has 2 atom stereocenters. The summed E-state index contributed by atoms with van der Waals surface area (Å²) in [7, 11) is 0. The van der Waals surface area contributed by atoms with Gasteiger partial charge in [0.1, 0.15) is 5.92 Å². The summed E-state index contributed by atoms with van der Waals surface area (Å²) in [4.78, 5) is 21.5. The van der Waals surface area contributed by atoms with Crippen LogP contribution in [0.25, 0.3) is 0 Å². The molecule has 1 saturated carbocycles. The van der Waals surface area contributed by atoms with Crippen LogP contribution in [0.4, 0.5) is 0 Å². The summed E-state index contributed by atoms with van der Waals surface area (Å²) in [6.07, 6.45) is 4.86. The van der Waals surface area contributed by atoms with E-state index in [4.69, 9.17) is 0 Å². The molecule has 18 heavy (non-hydrogen) atoms. The summed E-state index contributed by atoms with van der Waals surface area (Å²) in [5.74, 6) is -0.625. The van der Waals surface area contributed by atoms with E-state index in [1.54, 1.807) is 6.20 Å². The van der Waals surface area contributed by atoms with Crippen molar-refractivity contribution in [2.75, 3.05) is 6.54 Å². The lowest BCUT2D eigenvalue weighted by Gasteiger charge is -2.04. The van der Waals surface area contributed by atoms with Crippen molar-refractivity contribution in [3.8, 4) is 0 Å². The number of rotatable bonds is 6. The summed E-state index contributed by atoms with van der Waals surface area (Å²) in [5, 5.41) is 17.3. The van der Waals surface area contributed by atoms with Crippen LogP contribution >= 0.6 is 0 Å². The summed E-state index contributed by atoms with van der Waals surface area (Å²) >= 11 is 0. The number of nitro groups is 1. The van der Waals surface area contributed by atoms with Crippen molar-refractivity contribution < 1.29 is 9.72 Å². The molecule has 7 nitrogen and oxygen atoms in total. The van der Waals surface area contributed by atoms with E-state index in [9.17, 15) is 14.9 Å². The first-order valence-corrected chi connectivity index (χ1v) is 5.98. The Hall–Kier alpha value is -1.92. The van der Waals surface area contributed by atoms with Crippen molar-refractivity contribution >= 4 is 5.91 Å². The highest BCUT2D eigenvalue weighted by atomic mass is 16.6. The number of aryl methyl sites for hydroxylation is 2. The van der Waals surface area contributed by atoms with Gasteiger partial charge in [0.25, 0.3) is 0 Å². The molecule has 0 bridgehead atoms. The maximum Gasteiger partial charge on any atom is 0.230 e. The van der Waals surface area contributed by atoms with Gasteiger partial charge in [-0.25, -0.2) is 0 Å². The first kappa shape index (κ1) is 12.5. The van der Waals surface area contributed by atoms with E-state index in [1.807, 2.05) is 17.8 Å². The van der Waals surface area contributed by atoms with Crippen LogP contribution in [-0.2, 0) is 11.3 Å². The normalized spacial score (nSPS) is 21.6. The zero-order chi connectivity index (χ0) is 13.1. The number of nitrogens with zero attached hydrogens (tertiary/aromatic N) is 3. The van der Waals surface area contributed by atoms with Crippen molar-refractivity contribution in [1.82, 2.24) is 15.1 Å². The molecule has 1 fully saturated rings. The lowest BCUT2D eigenvalue weighted by atomic mass is 10.3. The molecule has 0 radical (unpaired) electrons. The van der Waals surface area contributed by atoms with Crippen molar-refractivity contribution in [2.45, 2.75) is 32.4 Å². The fourth-order valence-electron chi connectivity index (χ4n) is 1.87. The first-order chi connectivity index (χ1) is 8.58. The minimum Gasteiger partial charge on any atom is -0.356 e. The summed E-state index contributed by atoms with van der Waals surface area (Å²) < 4.78 is 1.82. The van der Waals surface area contributed by atoms with Gasteiger partial charge in [0, 0.05) is 30.6 Å². The zero-order valence-corrected chi connectivity index (χ0v) is 10.2. The van der Waals surface area contributed by atoms with Crippen LogP contribution in [0, 0.1) is 23.0 Å². The Balaban J connectivity index is 1.61. The van der Waals surface area contributed by atoms with Crippen LogP contribution in [-0.4, -0.2) is 33.2 Å². The predicted octanol–water partition coefficient (Wildman–Crippen LogP) is 0.363. The quantitative estimate of drug-likeness (QED) is 0.449. The molecule has 1 aliphatic rings. The number of aromatic nitrogens is 2. The molecule has 1 amide bonds. The molecule has 0 spiro atoms. The van der Waals surface area contributed by atoms with Gasteiger partial charge in [-0.3, -0.25) is 19.6 Å². The number of nitrogens with one attached hydrogen (secondary N) is 1. The Kier molecular flexibility index (Phi) is 3.59. The monoisotopic (exact) mass is 252 g/mol. The van der Waals surface area contributed by atoms with E-state index < -0.39 is 12.0 Å². The van der Waals surface area contributed by atoms with Crippen LogP contribution in [0.15, 0.2) is 12.4 Å². The van der Waals surface area contributed by atoms with E-state index in [0.29, 0.717) is 13.0 Å². The van der Waals surface area contributed by atoms with Gasteiger partial charge in [0.05, 0.1) is 6.20 Å². The molecule has 98 valence electrons. The second kappa shape index (κ2) is 5.16. The zero-order valence-electron chi connectivity index (χ0n) is 10.2. The number of hydrogen-bond acceptors (Lipinski definition) is 4. The predicted molar refractivity (Wildman–Crippen MR) is 63.5 cm³/mol. The Morgan fingerprint density at radius 3 is 3.06 bits per heavy atom. The molecule has 0 unspecified atom stereocenters. The highest BCUT2D eigenvalue weighted by Gasteiger charge is 2.53. The molecular weight excluding hydrogens is 236 g/mol. The third-order valence-electron chi connectivity index (χ3n) is 2.99. The fourth-order valence-corrected chi connectivity index (χ4v) is 1.87. The van der Waals surface area contributed by atoms with Crippen molar-refractivity contribution in [2.24, 2.45) is 5.92 Å². The average molecular weight is 252 g/mol. The van der Waals surface area contributed by atoms with Crippen molar-refractivity contribution in [1.29, 1.82) is 0 Å². The lowest BCUT2D eigenvalue weighted by Crippen LogP contribution is -2.28. The summed E-state index contributed by atoms with van der Waals surface area (Å²) in [6, 6.07) is -0.668. The Bertz CT molecular complexity index is 457. The molecule has 1 aromatic rings. The van der Waals surface area contributed by atoms with Gasteiger partial charge < -0.3 is 5.32 Å². The van der Waals surface area contributed by atoms with E-state index >= 15 is 0 Å². The second-order valence-electron chi connectivity index (χ2n) is 4.62. The van der Waals surface area contributed by atoms with Gasteiger partial charge in [0.15, 0.2) is 0 Å². The number of amides is 1. The highest BCUT2D eigenvalue weighted by molar-refractivity contribution is 5.81. The molecule has 0 saturated heterocycles. The Morgan fingerprint density at radius 2 is 2.50 bits per heavy atom. The molecule has 2 rings (SSSR count). The van der Waals surface area contributed by atoms with E-state index in [0.717, 1.165) is 18.5 Å². The van der Waals surface area contributed by atoms with Crippen molar-refractivity contribution in [3.05, 3.63) is 28.1 Å². The molecule has 0 aliphatic heterocycles. The van der Waals surface area contributed by atoms with Crippen molar-refractivity contribution in [3.63, 3.8) is 0 Å². The SMILES string of the molecule is Cc1cnn(CCCNC(=O)[C@H]2C[C@H]2[N+](=O)[O-])c1. The van der Waals surface area contributed by atoms with E-state index in [1.165, 1.54) is 0 Å². The number of hydrogen-bond donors (Lipinski definition) is 1. The van der Waals surface area contributed by atoms with Gasteiger partial charge in [-0.1, -0.05) is 0 Å². The van der Waals surface area contributed by atoms with Gasteiger partial charge in [-0.2, -0.15) is 5.10 Å². The molecule has 0 aromatic carbocycles. The maximum absolute atomic E-state index is 11.5. The van der Waals surface area contributed by atoms with Crippen LogP contribution in [0.1, 0.15) is 18.4 Å². The topological polar surface area (TPSA) is 90.1 Å². The average Bonchev–Trinajstić information content (AvgIpc) is 3.03. The van der Waals surface area contributed by atoms with E-state index in [2.05, 4.69) is 10.4 Å². The summed E-state index contributed by atoms with van der Waals surface area (Å²) in [6.45, 7) is 3.23. The molecular formula is C11H16N4O3. The Morgan fingerprint density at radius 1 is 1.72 bits per heavy atom. The van der Waals surface area contributed by atoms with Gasteiger partial charge in [-0.15, -0.1) is 0 Å². The van der Waals surface area contributed by atoms with Crippen LogP contribution in [0.2, 0.25) is 0 Å².